The molecule has 1 heterocycles. The van der Waals surface area contributed by atoms with Gasteiger partial charge in [0, 0.05) is 7.05 Å². The molecular formula is C10H18N2O3. The number of carbonyl (C=O) groups excluding carboxylic acids is 2. The predicted molar refractivity (Wildman–Crippen MR) is 55.2 cm³/mol. The summed E-state index contributed by atoms with van der Waals surface area (Å²) < 4.78 is 4.83. The molecule has 5 heteroatoms. The SMILES string of the molecule is CNC(=O)C(=O)OCCC1CCNCC1. The van der Waals surface area contributed by atoms with Crippen LogP contribution in [0.5, 0.6) is 0 Å². The Labute approximate surface area is 89.6 Å². The molecule has 0 aliphatic carbocycles. The van der Waals surface area contributed by atoms with Crippen LogP contribution in [-0.4, -0.2) is 38.6 Å². The molecule has 0 atom stereocenters. The summed E-state index contributed by atoms with van der Waals surface area (Å²) in [5, 5.41) is 5.50. The fraction of sp³-hybridized carbons (Fsp3) is 0.800. The maximum absolute atomic E-state index is 11.0. The van der Waals surface area contributed by atoms with E-state index in [-0.39, 0.29) is 0 Å². The third kappa shape index (κ3) is 4.29. The van der Waals surface area contributed by atoms with Crippen LogP contribution in [0.25, 0.3) is 0 Å². The standard InChI is InChI=1S/C10H18N2O3/c1-11-9(13)10(14)15-7-4-8-2-5-12-6-3-8/h8,12H,2-7H2,1H3,(H,11,13). The van der Waals surface area contributed by atoms with E-state index in [4.69, 9.17) is 4.74 Å². The van der Waals surface area contributed by atoms with Gasteiger partial charge in [0.25, 0.3) is 0 Å². The highest BCUT2D eigenvalue weighted by molar-refractivity contribution is 6.32. The zero-order valence-electron chi connectivity index (χ0n) is 9.04. The van der Waals surface area contributed by atoms with E-state index in [2.05, 4.69) is 10.6 Å². The summed E-state index contributed by atoms with van der Waals surface area (Å²) in [5.74, 6) is -0.851. The van der Waals surface area contributed by atoms with Gasteiger partial charge in [-0.3, -0.25) is 4.79 Å². The lowest BCUT2D eigenvalue weighted by atomic mass is 9.95. The van der Waals surface area contributed by atoms with E-state index < -0.39 is 11.9 Å². The Morgan fingerprint density at radius 1 is 1.40 bits per heavy atom. The molecule has 0 saturated carbocycles. The first-order valence-electron chi connectivity index (χ1n) is 5.33. The van der Waals surface area contributed by atoms with Gasteiger partial charge in [0.05, 0.1) is 6.61 Å². The Morgan fingerprint density at radius 3 is 2.67 bits per heavy atom. The monoisotopic (exact) mass is 214 g/mol. The second-order valence-electron chi connectivity index (χ2n) is 3.70. The van der Waals surface area contributed by atoms with Crippen molar-refractivity contribution >= 4 is 11.9 Å². The number of piperidine rings is 1. The smallest absolute Gasteiger partial charge is 0.396 e. The van der Waals surface area contributed by atoms with Crippen LogP contribution in [0.1, 0.15) is 19.3 Å². The van der Waals surface area contributed by atoms with Gasteiger partial charge in [-0.25, -0.2) is 4.79 Å². The van der Waals surface area contributed by atoms with Gasteiger partial charge in [-0.1, -0.05) is 0 Å². The maximum atomic E-state index is 11.0. The number of hydrogen-bond acceptors (Lipinski definition) is 4. The second kappa shape index (κ2) is 6.40. The molecule has 0 unspecified atom stereocenters. The van der Waals surface area contributed by atoms with E-state index in [9.17, 15) is 9.59 Å². The minimum atomic E-state index is -0.786. The van der Waals surface area contributed by atoms with Gasteiger partial charge in [-0.05, 0) is 38.3 Å². The topological polar surface area (TPSA) is 67.4 Å². The number of carbonyl (C=O) groups is 2. The van der Waals surface area contributed by atoms with Crippen molar-refractivity contribution in [1.82, 2.24) is 10.6 Å². The molecule has 0 bridgehead atoms. The highest BCUT2D eigenvalue weighted by atomic mass is 16.5. The van der Waals surface area contributed by atoms with E-state index in [1.54, 1.807) is 0 Å². The van der Waals surface area contributed by atoms with Crippen molar-refractivity contribution in [2.24, 2.45) is 5.92 Å². The molecule has 0 aromatic carbocycles. The lowest BCUT2D eigenvalue weighted by Gasteiger charge is -2.21. The van der Waals surface area contributed by atoms with Gasteiger partial charge in [0.1, 0.15) is 0 Å². The Bertz CT molecular complexity index is 225. The number of amides is 1. The van der Waals surface area contributed by atoms with E-state index in [0.29, 0.717) is 12.5 Å². The lowest BCUT2D eigenvalue weighted by molar-refractivity contribution is -0.155. The van der Waals surface area contributed by atoms with Crippen LogP contribution in [0.4, 0.5) is 0 Å². The molecule has 1 aliphatic heterocycles. The Morgan fingerprint density at radius 2 is 2.07 bits per heavy atom. The third-order valence-electron chi connectivity index (χ3n) is 2.63. The summed E-state index contributed by atoms with van der Waals surface area (Å²) in [6.07, 6.45) is 3.10. The number of ether oxygens (including phenoxy) is 1. The second-order valence-corrected chi connectivity index (χ2v) is 3.70. The molecule has 86 valence electrons. The zero-order valence-corrected chi connectivity index (χ0v) is 9.04. The highest BCUT2D eigenvalue weighted by Gasteiger charge is 2.16. The van der Waals surface area contributed by atoms with Crippen molar-refractivity contribution in [2.75, 3.05) is 26.7 Å². The van der Waals surface area contributed by atoms with Crippen LogP contribution < -0.4 is 10.6 Å². The molecule has 1 saturated heterocycles. The Hall–Kier alpha value is -1.10. The van der Waals surface area contributed by atoms with Crippen LogP contribution in [0.2, 0.25) is 0 Å². The molecule has 15 heavy (non-hydrogen) atoms. The van der Waals surface area contributed by atoms with E-state index >= 15 is 0 Å². The summed E-state index contributed by atoms with van der Waals surface area (Å²) in [7, 11) is 1.41. The number of hydrogen-bond donors (Lipinski definition) is 2. The van der Waals surface area contributed by atoms with Crippen molar-refractivity contribution in [3.05, 3.63) is 0 Å². The summed E-state index contributed by atoms with van der Waals surface area (Å²) in [6, 6.07) is 0. The number of rotatable bonds is 3. The molecule has 0 aromatic rings. The third-order valence-corrected chi connectivity index (χ3v) is 2.63. The molecule has 0 aromatic heterocycles. The normalized spacial score (nSPS) is 17.1. The van der Waals surface area contributed by atoms with Crippen molar-refractivity contribution in [1.29, 1.82) is 0 Å². The molecule has 1 aliphatic rings. The van der Waals surface area contributed by atoms with Crippen molar-refractivity contribution in [3.63, 3.8) is 0 Å². The number of esters is 1. The molecule has 1 amide bonds. The average molecular weight is 214 g/mol. The Balaban J connectivity index is 2.09. The van der Waals surface area contributed by atoms with E-state index in [1.165, 1.54) is 7.05 Å². The zero-order chi connectivity index (χ0) is 11.1. The van der Waals surface area contributed by atoms with Gasteiger partial charge in [-0.15, -0.1) is 0 Å². The molecule has 1 fully saturated rings. The quantitative estimate of drug-likeness (QED) is 0.498. The van der Waals surface area contributed by atoms with Gasteiger partial charge in [0.15, 0.2) is 0 Å². The number of nitrogens with one attached hydrogen (secondary N) is 2. The van der Waals surface area contributed by atoms with Crippen LogP contribution in [0.15, 0.2) is 0 Å². The largest absolute Gasteiger partial charge is 0.459 e. The number of likely N-dealkylation sites (N-methyl/N-ethyl adjacent to an activating group) is 1. The molecule has 0 radical (unpaired) electrons. The summed E-state index contributed by atoms with van der Waals surface area (Å²) in [5.41, 5.74) is 0. The van der Waals surface area contributed by atoms with Crippen LogP contribution in [-0.2, 0) is 14.3 Å². The van der Waals surface area contributed by atoms with Crippen molar-refractivity contribution in [3.8, 4) is 0 Å². The van der Waals surface area contributed by atoms with Crippen molar-refractivity contribution < 1.29 is 14.3 Å². The Kier molecular flexibility index (Phi) is 5.10. The van der Waals surface area contributed by atoms with Crippen LogP contribution in [0.3, 0.4) is 0 Å². The van der Waals surface area contributed by atoms with Crippen molar-refractivity contribution in [2.45, 2.75) is 19.3 Å². The first-order chi connectivity index (χ1) is 7.24. The average Bonchev–Trinajstić information content (AvgIpc) is 2.29. The molecular weight excluding hydrogens is 196 g/mol. The van der Waals surface area contributed by atoms with Gasteiger partial charge >= 0.3 is 11.9 Å². The fourth-order valence-electron chi connectivity index (χ4n) is 1.66. The molecule has 0 spiro atoms. The fourth-order valence-corrected chi connectivity index (χ4v) is 1.66. The summed E-state index contributed by atoms with van der Waals surface area (Å²) in [6.45, 7) is 2.42. The molecule has 1 rings (SSSR count). The summed E-state index contributed by atoms with van der Waals surface area (Å²) >= 11 is 0. The molecule has 5 nitrogen and oxygen atoms in total. The van der Waals surface area contributed by atoms with Gasteiger partial charge in [-0.2, -0.15) is 0 Å². The predicted octanol–water partition coefficient (Wildman–Crippen LogP) is -0.335. The van der Waals surface area contributed by atoms with E-state index in [0.717, 1.165) is 32.4 Å². The first kappa shape index (κ1) is 12.0. The molecule has 2 N–H and O–H groups in total. The van der Waals surface area contributed by atoms with E-state index in [1.807, 2.05) is 0 Å². The first-order valence-corrected chi connectivity index (χ1v) is 5.33. The maximum Gasteiger partial charge on any atom is 0.396 e. The summed E-state index contributed by atoms with van der Waals surface area (Å²) in [4.78, 5) is 21.8. The minimum absolute atomic E-state index is 0.344. The lowest BCUT2D eigenvalue weighted by Crippen LogP contribution is -2.31. The van der Waals surface area contributed by atoms with Crippen LogP contribution >= 0.6 is 0 Å². The van der Waals surface area contributed by atoms with Gasteiger partial charge < -0.3 is 15.4 Å². The minimum Gasteiger partial charge on any atom is -0.459 e. The van der Waals surface area contributed by atoms with Gasteiger partial charge in [0.2, 0.25) is 0 Å². The van der Waals surface area contributed by atoms with Crippen LogP contribution in [0, 0.1) is 5.92 Å². The highest BCUT2D eigenvalue weighted by Crippen LogP contribution is 2.15.